The first-order chi connectivity index (χ1) is 9.52. The van der Waals surface area contributed by atoms with Gasteiger partial charge in [-0.2, -0.15) is 0 Å². The summed E-state index contributed by atoms with van der Waals surface area (Å²) >= 11 is 1.86. The average Bonchev–Trinajstić information content (AvgIpc) is 2.83. The lowest BCUT2D eigenvalue weighted by Crippen LogP contribution is -2.28. The molecule has 1 saturated heterocycles. The van der Waals surface area contributed by atoms with Gasteiger partial charge < -0.3 is 5.32 Å². The Kier molecular flexibility index (Phi) is 3.83. The van der Waals surface area contributed by atoms with Crippen LogP contribution in [0.25, 0.3) is 10.2 Å². The van der Waals surface area contributed by atoms with Crippen LogP contribution in [0.2, 0.25) is 0 Å². The van der Waals surface area contributed by atoms with Crippen LogP contribution in [-0.4, -0.2) is 18.1 Å². The van der Waals surface area contributed by atoms with E-state index in [1.54, 1.807) is 0 Å². The maximum atomic E-state index is 4.78. The third-order valence-electron chi connectivity index (χ3n) is 4.08. The van der Waals surface area contributed by atoms with E-state index in [9.17, 15) is 0 Å². The molecule has 0 aliphatic carbocycles. The molecule has 0 spiro atoms. The van der Waals surface area contributed by atoms with Crippen LogP contribution in [0.1, 0.15) is 44.2 Å². The Hall–Kier alpha value is -0.930. The molecule has 1 aliphatic rings. The number of hydrogen-bond acceptors (Lipinski definition) is 3. The predicted molar refractivity (Wildman–Crippen MR) is 87.6 cm³/mol. The van der Waals surface area contributed by atoms with Gasteiger partial charge >= 0.3 is 0 Å². The van der Waals surface area contributed by atoms with Crippen molar-refractivity contribution in [1.29, 1.82) is 0 Å². The minimum atomic E-state index is 0.152. The molecule has 0 radical (unpaired) electrons. The second-order valence-corrected chi connectivity index (χ2v) is 8.00. The van der Waals surface area contributed by atoms with E-state index in [-0.39, 0.29) is 5.41 Å². The van der Waals surface area contributed by atoms with Gasteiger partial charge in [-0.3, -0.25) is 0 Å². The Bertz CT molecular complexity index is 589. The van der Waals surface area contributed by atoms with E-state index < -0.39 is 0 Å². The molecule has 0 bridgehead atoms. The van der Waals surface area contributed by atoms with Gasteiger partial charge in [0.25, 0.3) is 0 Å². The van der Waals surface area contributed by atoms with Crippen molar-refractivity contribution in [3.8, 4) is 0 Å². The molecule has 1 fully saturated rings. The first-order valence-corrected chi connectivity index (χ1v) is 8.45. The molecule has 0 unspecified atom stereocenters. The van der Waals surface area contributed by atoms with Crippen molar-refractivity contribution in [2.75, 3.05) is 13.1 Å². The highest BCUT2D eigenvalue weighted by Crippen LogP contribution is 2.32. The van der Waals surface area contributed by atoms with E-state index >= 15 is 0 Å². The molecule has 20 heavy (non-hydrogen) atoms. The molecular weight excluding hydrogens is 264 g/mol. The lowest BCUT2D eigenvalue weighted by Gasteiger charge is -2.22. The number of piperidine rings is 1. The Morgan fingerprint density at radius 3 is 2.70 bits per heavy atom. The molecule has 3 rings (SSSR count). The van der Waals surface area contributed by atoms with Crippen molar-refractivity contribution < 1.29 is 0 Å². The van der Waals surface area contributed by atoms with Crippen LogP contribution in [0.4, 0.5) is 0 Å². The molecule has 2 nitrogen and oxygen atoms in total. The molecule has 1 N–H and O–H groups in total. The van der Waals surface area contributed by atoms with Gasteiger partial charge in [-0.1, -0.05) is 26.8 Å². The molecule has 1 aromatic carbocycles. The molecule has 3 heteroatoms. The lowest BCUT2D eigenvalue weighted by atomic mass is 9.91. The van der Waals surface area contributed by atoms with Gasteiger partial charge in [0.05, 0.1) is 15.2 Å². The van der Waals surface area contributed by atoms with E-state index in [0.29, 0.717) is 0 Å². The monoisotopic (exact) mass is 288 g/mol. The van der Waals surface area contributed by atoms with Crippen LogP contribution in [0.3, 0.4) is 0 Å². The molecule has 1 aliphatic heterocycles. The summed E-state index contributed by atoms with van der Waals surface area (Å²) in [6.45, 7) is 9.07. The fraction of sp³-hybridized carbons (Fsp3) is 0.588. The van der Waals surface area contributed by atoms with Crippen molar-refractivity contribution in [1.82, 2.24) is 10.3 Å². The molecule has 2 heterocycles. The molecule has 2 aromatic rings. The summed E-state index contributed by atoms with van der Waals surface area (Å²) in [6, 6.07) is 6.85. The van der Waals surface area contributed by atoms with Gasteiger partial charge in [-0.15, -0.1) is 11.3 Å². The highest BCUT2D eigenvalue weighted by molar-refractivity contribution is 7.18. The summed E-state index contributed by atoms with van der Waals surface area (Å²) in [7, 11) is 0. The van der Waals surface area contributed by atoms with Gasteiger partial charge in [0.1, 0.15) is 0 Å². The Labute approximate surface area is 125 Å². The molecular formula is C17H24N2S. The first kappa shape index (κ1) is 14.0. The highest BCUT2D eigenvalue weighted by Gasteiger charge is 2.19. The normalized spacial score (nSPS) is 17.8. The van der Waals surface area contributed by atoms with Gasteiger partial charge in [0.2, 0.25) is 0 Å². The van der Waals surface area contributed by atoms with E-state index in [2.05, 4.69) is 44.3 Å². The Morgan fingerprint density at radius 1 is 1.25 bits per heavy atom. The molecule has 108 valence electrons. The maximum Gasteiger partial charge on any atom is 0.0992 e. The summed E-state index contributed by atoms with van der Waals surface area (Å²) in [5.74, 6) is 0.851. The number of fused-ring (bicyclic) bond motifs is 1. The van der Waals surface area contributed by atoms with Crippen LogP contribution in [-0.2, 0) is 11.8 Å². The molecule has 0 saturated carbocycles. The van der Waals surface area contributed by atoms with Gasteiger partial charge in [0.15, 0.2) is 0 Å². The number of benzene rings is 1. The standard InChI is InChI=1S/C17H24N2S/c1-17(2,3)16-19-14-5-4-13(11-15(14)20-16)10-12-6-8-18-9-7-12/h4-5,11-12,18H,6-10H2,1-3H3. The molecule has 0 amide bonds. The highest BCUT2D eigenvalue weighted by atomic mass is 32.1. The Balaban J connectivity index is 1.82. The van der Waals surface area contributed by atoms with Gasteiger partial charge in [0, 0.05) is 5.41 Å². The summed E-state index contributed by atoms with van der Waals surface area (Å²) < 4.78 is 1.35. The van der Waals surface area contributed by atoms with Crippen LogP contribution < -0.4 is 5.32 Å². The second-order valence-electron chi connectivity index (χ2n) is 6.97. The predicted octanol–water partition coefficient (Wildman–Crippen LogP) is 4.14. The number of nitrogens with zero attached hydrogens (tertiary/aromatic N) is 1. The van der Waals surface area contributed by atoms with E-state index in [1.807, 2.05) is 11.3 Å². The van der Waals surface area contributed by atoms with Crippen LogP contribution in [0.15, 0.2) is 18.2 Å². The third-order valence-corrected chi connectivity index (χ3v) is 5.52. The SMILES string of the molecule is CC(C)(C)c1nc2ccc(CC3CCNCC3)cc2s1. The largest absolute Gasteiger partial charge is 0.317 e. The lowest BCUT2D eigenvalue weighted by molar-refractivity contribution is 0.373. The zero-order chi connectivity index (χ0) is 14.2. The summed E-state index contributed by atoms with van der Waals surface area (Å²) in [6.07, 6.45) is 3.85. The molecule has 1 aromatic heterocycles. The topological polar surface area (TPSA) is 24.9 Å². The van der Waals surface area contributed by atoms with Crippen molar-refractivity contribution >= 4 is 21.6 Å². The smallest absolute Gasteiger partial charge is 0.0992 e. The zero-order valence-electron chi connectivity index (χ0n) is 12.7. The number of thiazole rings is 1. The number of rotatable bonds is 2. The number of aromatic nitrogens is 1. The van der Waals surface area contributed by atoms with E-state index in [0.717, 1.165) is 11.4 Å². The van der Waals surface area contributed by atoms with Gasteiger partial charge in [-0.25, -0.2) is 4.98 Å². The minimum absolute atomic E-state index is 0.152. The van der Waals surface area contributed by atoms with Gasteiger partial charge in [-0.05, 0) is 56.0 Å². The summed E-state index contributed by atoms with van der Waals surface area (Å²) in [5, 5.41) is 4.68. The minimum Gasteiger partial charge on any atom is -0.317 e. The Morgan fingerprint density at radius 2 is 2.00 bits per heavy atom. The number of nitrogens with one attached hydrogen (secondary N) is 1. The van der Waals surface area contributed by atoms with Crippen molar-refractivity contribution in [2.45, 2.75) is 45.4 Å². The first-order valence-electron chi connectivity index (χ1n) is 7.63. The quantitative estimate of drug-likeness (QED) is 0.898. The zero-order valence-corrected chi connectivity index (χ0v) is 13.5. The van der Waals surface area contributed by atoms with Crippen LogP contribution in [0, 0.1) is 5.92 Å². The van der Waals surface area contributed by atoms with Crippen molar-refractivity contribution in [2.24, 2.45) is 5.92 Å². The number of hydrogen-bond donors (Lipinski definition) is 1. The second kappa shape index (κ2) is 5.45. The summed E-state index contributed by atoms with van der Waals surface area (Å²) in [5.41, 5.74) is 2.79. The summed E-state index contributed by atoms with van der Waals surface area (Å²) in [4.78, 5) is 4.78. The fourth-order valence-electron chi connectivity index (χ4n) is 2.84. The average molecular weight is 288 g/mol. The van der Waals surface area contributed by atoms with E-state index in [1.165, 1.54) is 47.6 Å². The maximum absolute atomic E-state index is 4.78. The van der Waals surface area contributed by atoms with Crippen molar-refractivity contribution in [3.63, 3.8) is 0 Å². The van der Waals surface area contributed by atoms with E-state index in [4.69, 9.17) is 4.98 Å². The van der Waals surface area contributed by atoms with Crippen molar-refractivity contribution in [3.05, 3.63) is 28.8 Å². The van der Waals surface area contributed by atoms with Crippen LogP contribution >= 0.6 is 11.3 Å². The third kappa shape index (κ3) is 3.04. The molecule has 0 atom stereocenters. The van der Waals surface area contributed by atoms with Crippen LogP contribution in [0.5, 0.6) is 0 Å². The fourth-order valence-corrected chi connectivity index (χ4v) is 3.92.